The zero-order valence-electron chi connectivity index (χ0n) is 17.7. The van der Waals surface area contributed by atoms with Crippen LogP contribution in [0.3, 0.4) is 0 Å². The predicted molar refractivity (Wildman–Crippen MR) is 124 cm³/mol. The Morgan fingerprint density at radius 3 is 2.26 bits per heavy atom. The van der Waals surface area contributed by atoms with E-state index in [0.717, 1.165) is 0 Å². The van der Waals surface area contributed by atoms with Gasteiger partial charge in [0.25, 0.3) is 0 Å². The highest BCUT2D eigenvalue weighted by Gasteiger charge is 2.42. The summed E-state index contributed by atoms with van der Waals surface area (Å²) in [5.74, 6) is -3.28. The van der Waals surface area contributed by atoms with E-state index in [2.05, 4.69) is 10.3 Å². The lowest BCUT2D eigenvalue weighted by Crippen LogP contribution is -2.30. The minimum atomic E-state index is -4.99. The van der Waals surface area contributed by atoms with Crippen molar-refractivity contribution in [1.29, 1.82) is 0 Å². The van der Waals surface area contributed by atoms with Crippen molar-refractivity contribution in [3.8, 4) is 0 Å². The van der Waals surface area contributed by atoms with Crippen molar-refractivity contribution in [2.24, 2.45) is 0 Å². The van der Waals surface area contributed by atoms with E-state index in [1.807, 2.05) is 0 Å². The van der Waals surface area contributed by atoms with E-state index >= 15 is 0 Å². The lowest BCUT2D eigenvalue weighted by molar-refractivity contribution is -0.138. The highest BCUT2D eigenvalue weighted by Crippen LogP contribution is 2.48. The number of nitrogens with zero attached hydrogens (tertiary/aromatic N) is 2. The molecular weight excluding hydrogens is 507 g/mol. The van der Waals surface area contributed by atoms with Gasteiger partial charge in [-0.05, 0) is 36.4 Å². The number of anilines is 3. The van der Waals surface area contributed by atoms with Gasteiger partial charge in [0.15, 0.2) is 10.8 Å². The van der Waals surface area contributed by atoms with Gasteiger partial charge in [-0.15, -0.1) is 11.6 Å². The van der Waals surface area contributed by atoms with Crippen LogP contribution in [0.4, 0.5) is 30.4 Å². The molecule has 0 aliphatic carbocycles. The van der Waals surface area contributed by atoms with Crippen LogP contribution in [-0.2, 0) is 20.8 Å². The number of carboxylic acid groups (broad SMARTS) is 1. The number of rotatable bonds is 6. The Hall–Kier alpha value is -3.57. The van der Waals surface area contributed by atoms with E-state index in [1.165, 1.54) is 11.0 Å². The highest BCUT2D eigenvalue weighted by atomic mass is 35.5. The minimum Gasteiger partial charge on any atom is -0.480 e. The van der Waals surface area contributed by atoms with Gasteiger partial charge >= 0.3 is 12.1 Å². The van der Waals surface area contributed by atoms with Crippen molar-refractivity contribution in [1.82, 2.24) is 4.98 Å². The first kappa shape index (κ1) is 24.6. The molecule has 2 aromatic carbocycles. The number of alkyl halides is 4. The van der Waals surface area contributed by atoms with Crippen molar-refractivity contribution in [2.75, 3.05) is 16.0 Å². The molecule has 7 nitrogen and oxygen atoms in total. The molecule has 35 heavy (non-hydrogen) atoms. The monoisotopic (exact) mass is 523 g/mol. The number of carbonyl (C=O) groups is 1. The smallest absolute Gasteiger partial charge is 0.416 e. The maximum absolute atomic E-state index is 14.1. The second-order valence-electron chi connectivity index (χ2n) is 7.51. The lowest BCUT2D eigenvalue weighted by atomic mass is 10.0. The number of hydrogen-bond donors (Lipinski definition) is 2. The number of benzene rings is 2. The molecular formula is C23H17ClF3N3O4S. The van der Waals surface area contributed by atoms with Crippen LogP contribution in [0, 0.1) is 0 Å². The Kier molecular flexibility index (Phi) is 6.48. The average Bonchev–Trinajstić information content (AvgIpc) is 2.78. The van der Waals surface area contributed by atoms with E-state index < -0.39 is 49.3 Å². The summed E-state index contributed by atoms with van der Waals surface area (Å²) in [6.45, 7) is 0. The maximum atomic E-state index is 14.1. The summed E-state index contributed by atoms with van der Waals surface area (Å²) in [5.41, 5.74) is -0.795. The summed E-state index contributed by atoms with van der Waals surface area (Å²) in [4.78, 5) is 16.4. The molecule has 1 aromatic heterocycles. The fourth-order valence-corrected chi connectivity index (χ4v) is 4.94. The summed E-state index contributed by atoms with van der Waals surface area (Å²) in [7, 11) is -4.70. The van der Waals surface area contributed by atoms with E-state index in [1.54, 1.807) is 60.7 Å². The van der Waals surface area contributed by atoms with Crippen LogP contribution in [0.1, 0.15) is 16.5 Å². The molecule has 182 valence electrons. The van der Waals surface area contributed by atoms with Gasteiger partial charge in [0.05, 0.1) is 10.9 Å². The number of allylic oxidation sites excluding steroid dienone is 1. The number of aliphatic carboxylic acids is 1. The van der Waals surface area contributed by atoms with Crippen LogP contribution in [0.5, 0.6) is 0 Å². The molecule has 4 rings (SSSR count). The Labute approximate surface area is 203 Å². The first-order valence-corrected chi connectivity index (χ1v) is 12.2. The fourth-order valence-electron chi connectivity index (χ4n) is 3.61. The van der Waals surface area contributed by atoms with Crippen molar-refractivity contribution >= 4 is 44.6 Å². The minimum absolute atomic E-state index is 0.239. The molecule has 2 heterocycles. The first-order chi connectivity index (χ1) is 16.5. The normalized spacial score (nSPS) is 15.8. The van der Waals surface area contributed by atoms with Crippen molar-refractivity contribution in [2.45, 2.75) is 16.6 Å². The molecule has 0 saturated heterocycles. The molecule has 0 fully saturated rings. The number of pyridine rings is 1. The van der Waals surface area contributed by atoms with E-state index in [-0.39, 0.29) is 11.6 Å². The molecule has 0 amide bonds. The van der Waals surface area contributed by atoms with Crippen LogP contribution >= 0.6 is 11.6 Å². The summed E-state index contributed by atoms with van der Waals surface area (Å²) in [5, 5.41) is 9.72. The third-order valence-corrected chi connectivity index (χ3v) is 6.86. The summed E-state index contributed by atoms with van der Waals surface area (Å²) >= 11 is 6.40. The molecule has 0 saturated carbocycles. The van der Waals surface area contributed by atoms with E-state index in [4.69, 9.17) is 16.7 Å². The van der Waals surface area contributed by atoms with Crippen LogP contribution in [-0.4, -0.2) is 30.2 Å². The Morgan fingerprint density at radius 2 is 1.69 bits per heavy atom. The van der Waals surface area contributed by atoms with Crippen molar-refractivity contribution in [3.63, 3.8) is 0 Å². The molecule has 3 aromatic rings. The number of para-hydroxylation sites is 2. The molecule has 0 radical (unpaired) electrons. The van der Waals surface area contributed by atoms with E-state index in [9.17, 15) is 26.4 Å². The molecule has 0 bridgehead atoms. The Morgan fingerprint density at radius 1 is 1.09 bits per heavy atom. The number of fused-ring (bicyclic) bond motifs is 1. The maximum Gasteiger partial charge on any atom is 0.416 e. The van der Waals surface area contributed by atoms with Gasteiger partial charge < -0.3 is 10.4 Å². The number of aromatic nitrogens is 1. The Bertz CT molecular complexity index is 1400. The third-order valence-electron chi connectivity index (χ3n) is 5.05. The summed E-state index contributed by atoms with van der Waals surface area (Å²) in [6.07, 6.45) is -3.62. The van der Waals surface area contributed by atoms with Crippen LogP contribution in [0.25, 0.3) is 0 Å². The topological polar surface area (TPSA) is 99.6 Å². The van der Waals surface area contributed by atoms with Gasteiger partial charge in [0, 0.05) is 16.9 Å². The highest BCUT2D eigenvalue weighted by molar-refractivity contribution is 7.92. The second-order valence-corrected chi connectivity index (χ2v) is 9.92. The number of nitrogens with one attached hydrogen (secondary N) is 1. The van der Waals surface area contributed by atoms with Gasteiger partial charge in [-0.3, -0.25) is 9.69 Å². The summed E-state index contributed by atoms with van der Waals surface area (Å²) < 4.78 is 67.5. The number of sulfone groups is 1. The predicted octanol–water partition coefficient (Wildman–Crippen LogP) is 5.34. The largest absolute Gasteiger partial charge is 0.480 e. The van der Waals surface area contributed by atoms with Gasteiger partial charge in [0.1, 0.15) is 11.6 Å². The average molecular weight is 524 g/mol. The second kappa shape index (κ2) is 9.23. The lowest BCUT2D eigenvalue weighted by Gasteiger charge is -2.35. The molecule has 0 spiro atoms. The van der Waals surface area contributed by atoms with Gasteiger partial charge in [-0.2, -0.15) is 13.2 Å². The van der Waals surface area contributed by atoms with Crippen LogP contribution < -0.4 is 10.2 Å². The SMILES string of the molecule is O=C(O)CS(=O)(=O)c1cc(C(F)(F)F)c2c(n1)N(c1ccccc1)C(Nc1ccccc1)=CC2Cl. The van der Waals surface area contributed by atoms with Crippen molar-refractivity contribution < 1.29 is 31.5 Å². The van der Waals surface area contributed by atoms with Crippen LogP contribution in [0.15, 0.2) is 83.7 Å². The van der Waals surface area contributed by atoms with Gasteiger partial charge in [-0.25, -0.2) is 13.4 Å². The zero-order valence-corrected chi connectivity index (χ0v) is 19.3. The first-order valence-electron chi connectivity index (χ1n) is 10.1. The Balaban J connectivity index is 1.99. The molecule has 1 aliphatic heterocycles. The van der Waals surface area contributed by atoms with E-state index in [0.29, 0.717) is 17.4 Å². The number of carboxylic acids is 1. The molecule has 1 aliphatic rings. The standard InChI is InChI=1S/C23H17ClF3N3O4S/c24-17-12-18(28-14-7-3-1-4-8-14)30(15-9-5-2-6-10-15)22-21(17)16(23(25,26)27)11-19(29-22)35(33,34)13-20(31)32/h1-12,17,28H,13H2,(H,31,32). The van der Waals surface area contributed by atoms with Crippen LogP contribution in [0.2, 0.25) is 0 Å². The zero-order chi connectivity index (χ0) is 25.4. The molecule has 2 N–H and O–H groups in total. The molecule has 12 heteroatoms. The van der Waals surface area contributed by atoms with Gasteiger partial charge in [0.2, 0.25) is 9.84 Å². The molecule has 1 unspecified atom stereocenters. The van der Waals surface area contributed by atoms with Crippen molar-refractivity contribution in [3.05, 3.63) is 89.8 Å². The number of hydrogen-bond acceptors (Lipinski definition) is 6. The fraction of sp³-hybridized carbons (Fsp3) is 0.130. The summed E-state index contributed by atoms with van der Waals surface area (Å²) in [6, 6.07) is 17.3. The quantitative estimate of drug-likeness (QED) is 0.420. The third kappa shape index (κ3) is 5.10. The molecule has 1 atom stereocenters. The number of halogens is 4. The van der Waals surface area contributed by atoms with Gasteiger partial charge in [-0.1, -0.05) is 36.4 Å².